The fourth-order valence-corrected chi connectivity index (χ4v) is 2.00. The van der Waals surface area contributed by atoms with Gasteiger partial charge in [0.05, 0.1) is 19.3 Å². The summed E-state index contributed by atoms with van der Waals surface area (Å²) in [6.07, 6.45) is 3.32. The lowest BCUT2D eigenvalue weighted by atomic mass is 10.1. The van der Waals surface area contributed by atoms with Gasteiger partial charge in [0.15, 0.2) is 0 Å². The molecule has 3 heteroatoms. The van der Waals surface area contributed by atoms with Gasteiger partial charge in [-0.3, -0.25) is 0 Å². The molecule has 0 aromatic heterocycles. The summed E-state index contributed by atoms with van der Waals surface area (Å²) < 4.78 is 11.4. The SMILES string of the molecule is CCCCOc1ccc(C(COCCC)NCC)cc1. The minimum absolute atomic E-state index is 0.260. The van der Waals surface area contributed by atoms with E-state index in [1.807, 2.05) is 0 Å². The monoisotopic (exact) mass is 279 g/mol. The topological polar surface area (TPSA) is 30.5 Å². The van der Waals surface area contributed by atoms with Crippen molar-refractivity contribution in [3.63, 3.8) is 0 Å². The summed E-state index contributed by atoms with van der Waals surface area (Å²) in [4.78, 5) is 0. The maximum Gasteiger partial charge on any atom is 0.119 e. The van der Waals surface area contributed by atoms with Crippen LogP contribution in [-0.2, 0) is 4.74 Å². The van der Waals surface area contributed by atoms with Gasteiger partial charge >= 0.3 is 0 Å². The van der Waals surface area contributed by atoms with Gasteiger partial charge < -0.3 is 14.8 Å². The molecule has 0 saturated heterocycles. The minimum Gasteiger partial charge on any atom is -0.494 e. The van der Waals surface area contributed by atoms with Crippen molar-refractivity contribution in [2.24, 2.45) is 0 Å². The van der Waals surface area contributed by atoms with Crippen molar-refractivity contribution in [3.05, 3.63) is 29.8 Å². The Morgan fingerprint density at radius 2 is 1.75 bits per heavy atom. The predicted octanol–water partition coefficient (Wildman–Crippen LogP) is 3.94. The second-order valence-corrected chi connectivity index (χ2v) is 4.96. The van der Waals surface area contributed by atoms with E-state index in [1.54, 1.807) is 0 Å². The van der Waals surface area contributed by atoms with E-state index >= 15 is 0 Å². The number of benzene rings is 1. The van der Waals surface area contributed by atoms with E-state index < -0.39 is 0 Å². The number of likely N-dealkylation sites (N-methyl/N-ethyl adjacent to an activating group) is 1. The van der Waals surface area contributed by atoms with Crippen molar-refractivity contribution < 1.29 is 9.47 Å². The van der Waals surface area contributed by atoms with Gasteiger partial charge in [-0.15, -0.1) is 0 Å². The van der Waals surface area contributed by atoms with E-state index in [0.717, 1.165) is 51.4 Å². The van der Waals surface area contributed by atoms with E-state index in [-0.39, 0.29) is 6.04 Å². The van der Waals surface area contributed by atoms with Crippen LogP contribution < -0.4 is 10.1 Å². The van der Waals surface area contributed by atoms with E-state index in [4.69, 9.17) is 9.47 Å². The molecule has 1 unspecified atom stereocenters. The van der Waals surface area contributed by atoms with Crippen LogP contribution in [0.1, 0.15) is 51.6 Å². The van der Waals surface area contributed by atoms with Gasteiger partial charge in [0.25, 0.3) is 0 Å². The first-order valence-corrected chi connectivity index (χ1v) is 7.85. The van der Waals surface area contributed by atoms with Crippen LogP contribution in [0.5, 0.6) is 5.75 Å². The summed E-state index contributed by atoms with van der Waals surface area (Å²) >= 11 is 0. The molecule has 1 aromatic carbocycles. The maximum absolute atomic E-state index is 5.69. The van der Waals surface area contributed by atoms with Crippen molar-refractivity contribution in [2.45, 2.75) is 46.1 Å². The first-order chi connectivity index (χ1) is 9.81. The van der Waals surface area contributed by atoms with E-state index in [0.29, 0.717) is 0 Å². The summed E-state index contributed by atoms with van der Waals surface area (Å²) in [5, 5.41) is 3.46. The third-order valence-corrected chi connectivity index (χ3v) is 3.13. The predicted molar refractivity (Wildman–Crippen MR) is 84.4 cm³/mol. The lowest BCUT2D eigenvalue weighted by Gasteiger charge is -2.18. The molecule has 1 aromatic rings. The Hall–Kier alpha value is -1.06. The highest BCUT2D eigenvalue weighted by atomic mass is 16.5. The molecule has 1 N–H and O–H groups in total. The first-order valence-electron chi connectivity index (χ1n) is 7.85. The first kappa shape index (κ1) is 17.0. The Morgan fingerprint density at radius 3 is 2.35 bits per heavy atom. The molecule has 0 saturated carbocycles. The zero-order valence-electron chi connectivity index (χ0n) is 13.2. The zero-order chi connectivity index (χ0) is 14.6. The van der Waals surface area contributed by atoms with Crippen LogP contribution in [0.25, 0.3) is 0 Å². The zero-order valence-corrected chi connectivity index (χ0v) is 13.2. The van der Waals surface area contributed by atoms with Crippen molar-refractivity contribution in [3.8, 4) is 5.75 Å². The van der Waals surface area contributed by atoms with Gasteiger partial charge in [-0.1, -0.05) is 39.3 Å². The van der Waals surface area contributed by atoms with Crippen LogP contribution in [0, 0.1) is 0 Å². The van der Waals surface area contributed by atoms with E-state index in [2.05, 4.69) is 50.4 Å². The van der Waals surface area contributed by atoms with Gasteiger partial charge in [-0.25, -0.2) is 0 Å². The van der Waals surface area contributed by atoms with Gasteiger partial charge in [0.1, 0.15) is 5.75 Å². The Kier molecular flexibility index (Phi) is 9.09. The Balaban J connectivity index is 2.53. The van der Waals surface area contributed by atoms with Gasteiger partial charge in [-0.2, -0.15) is 0 Å². The molecule has 0 fully saturated rings. The van der Waals surface area contributed by atoms with Crippen LogP contribution in [0.2, 0.25) is 0 Å². The smallest absolute Gasteiger partial charge is 0.119 e. The molecule has 20 heavy (non-hydrogen) atoms. The molecule has 0 spiro atoms. The van der Waals surface area contributed by atoms with Gasteiger partial charge in [0.2, 0.25) is 0 Å². The third kappa shape index (κ3) is 6.40. The fraction of sp³-hybridized carbons (Fsp3) is 0.647. The fourth-order valence-electron chi connectivity index (χ4n) is 2.00. The van der Waals surface area contributed by atoms with Crippen LogP contribution in [-0.4, -0.2) is 26.4 Å². The van der Waals surface area contributed by atoms with Crippen molar-refractivity contribution >= 4 is 0 Å². The molecule has 0 aliphatic rings. The second-order valence-electron chi connectivity index (χ2n) is 4.96. The Labute approximate surface area is 123 Å². The standard InChI is InChI=1S/C17H29NO2/c1-4-7-13-20-16-10-8-15(9-11-16)17(18-6-3)14-19-12-5-2/h8-11,17-18H,4-7,12-14H2,1-3H3. The van der Waals surface area contributed by atoms with E-state index in [9.17, 15) is 0 Å². The van der Waals surface area contributed by atoms with Crippen molar-refractivity contribution in [1.82, 2.24) is 5.32 Å². The van der Waals surface area contributed by atoms with Crippen molar-refractivity contribution in [1.29, 1.82) is 0 Å². The van der Waals surface area contributed by atoms with Crippen molar-refractivity contribution in [2.75, 3.05) is 26.4 Å². The Bertz CT molecular complexity index is 337. The number of rotatable bonds is 11. The molecule has 0 amide bonds. The molecule has 1 rings (SSSR count). The number of hydrogen-bond acceptors (Lipinski definition) is 3. The number of nitrogens with one attached hydrogen (secondary N) is 1. The average molecular weight is 279 g/mol. The van der Waals surface area contributed by atoms with Crippen LogP contribution in [0.4, 0.5) is 0 Å². The summed E-state index contributed by atoms with van der Waals surface area (Å²) in [5.74, 6) is 0.951. The van der Waals surface area contributed by atoms with Crippen LogP contribution >= 0.6 is 0 Å². The summed E-state index contributed by atoms with van der Waals surface area (Å²) in [5.41, 5.74) is 1.26. The summed E-state index contributed by atoms with van der Waals surface area (Å²) in [6, 6.07) is 8.62. The third-order valence-electron chi connectivity index (χ3n) is 3.13. The molecule has 0 aliphatic carbocycles. The summed E-state index contributed by atoms with van der Waals surface area (Å²) in [7, 11) is 0. The van der Waals surface area contributed by atoms with Gasteiger partial charge in [0, 0.05) is 6.61 Å². The lowest BCUT2D eigenvalue weighted by molar-refractivity contribution is 0.112. The van der Waals surface area contributed by atoms with Gasteiger partial charge in [-0.05, 0) is 37.1 Å². The maximum atomic E-state index is 5.69. The quantitative estimate of drug-likeness (QED) is 0.622. The molecule has 0 aliphatic heterocycles. The minimum atomic E-state index is 0.260. The molecule has 114 valence electrons. The number of hydrogen-bond donors (Lipinski definition) is 1. The van der Waals surface area contributed by atoms with Crippen LogP contribution in [0.3, 0.4) is 0 Å². The van der Waals surface area contributed by atoms with Crippen LogP contribution in [0.15, 0.2) is 24.3 Å². The molecule has 0 heterocycles. The normalized spacial score (nSPS) is 12.3. The molecular weight excluding hydrogens is 250 g/mol. The summed E-state index contributed by atoms with van der Waals surface area (Å²) in [6.45, 7) is 9.70. The molecule has 1 atom stereocenters. The Morgan fingerprint density at radius 1 is 1.00 bits per heavy atom. The highest BCUT2D eigenvalue weighted by Gasteiger charge is 2.10. The number of unbranched alkanes of at least 4 members (excludes halogenated alkanes) is 1. The highest BCUT2D eigenvalue weighted by molar-refractivity contribution is 5.29. The molecule has 0 bridgehead atoms. The largest absolute Gasteiger partial charge is 0.494 e. The molecular formula is C17H29NO2. The van der Waals surface area contributed by atoms with E-state index in [1.165, 1.54) is 5.56 Å². The average Bonchev–Trinajstić information content (AvgIpc) is 2.48. The molecule has 3 nitrogen and oxygen atoms in total. The molecule has 0 radical (unpaired) electrons. The lowest BCUT2D eigenvalue weighted by Crippen LogP contribution is -2.25. The number of ether oxygens (including phenoxy) is 2. The highest BCUT2D eigenvalue weighted by Crippen LogP contribution is 2.18. The second kappa shape index (κ2) is 10.7.